The lowest BCUT2D eigenvalue weighted by molar-refractivity contribution is 0.376. The van der Waals surface area contributed by atoms with E-state index < -0.39 is 0 Å². The minimum Gasteiger partial charge on any atom is -0.388 e. The Labute approximate surface area is 171 Å². The van der Waals surface area contributed by atoms with Crippen LogP contribution in [0.3, 0.4) is 0 Å². The zero-order chi connectivity index (χ0) is 19.8. The third-order valence-corrected chi connectivity index (χ3v) is 6.29. The molecular formula is C26H36N2. The minimum atomic E-state index is 0.254. The van der Waals surface area contributed by atoms with Gasteiger partial charge in [0, 0.05) is 30.4 Å². The van der Waals surface area contributed by atoms with E-state index in [0.717, 1.165) is 13.0 Å². The number of hydrogen-bond acceptors (Lipinski definition) is 2. The molecule has 1 aliphatic rings. The van der Waals surface area contributed by atoms with Crippen molar-refractivity contribution in [2.24, 2.45) is 0 Å². The summed E-state index contributed by atoms with van der Waals surface area (Å²) in [7, 11) is 2.05. The number of allylic oxidation sites excluding steroid dienone is 1. The van der Waals surface area contributed by atoms with Gasteiger partial charge >= 0.3 is 0 Å². The third kappa shape index (κ3) is 4.79. The molecule has 0 aliphatic heterocycles. The van der Waals surface area contributed by atoms with Crippen LogP contribution in [0.2, 0.25) is 0 Å². The topological polar surface area (TPSA) is 24.1 Å². The van der Waals surface area contributed by atoms with Crippen LogP contribution < -0.4 is 10.6 Å². The van der Waals surface area contributed by atoms with Crippen LogP contribution in [-0.2, 0) is 5.41 Å². The van der Waals surface area contributed by atoms with Gasteiger partial charge in [0.05, 0.1) is 0 Å². The van der Waals surface area contributed by atoms with Crippen molar-refractivity contribution < 1.29 is 0 Å². The van der Waals surface area contributed by atoms with Gasteiger partial charge in [-0.1, -0.05) is 62.1 Å². The molecule has 2 heteroatoms. The molecule has 0 radical (unpaired) electrons. The number of para-hydroxylation sites is 1. The van der Waals surface area contributed by atoms with Crippen molar-refractivity contribution in [2.75, 3.05) is 24.2 Å². The molecule has 0 unspecified atom stereocenters. The van der Waals surface area contributed by atoms with Crippen LogP contribution in [0.4, 0.5) is 11.4 Å². The second-order valence-electron chi connectivity index (χ2n) is 8.20. The standard InChI is InChI=1S/C26H36N2/c1-4-28-23-16-15-22(21(2)20-23)12-11-19-26(17-9-5-6-10-18-26)24-13-7-8-14-25(24)27-3/h7-8,11-16,20,27-28H,4-6,9-10,17-19H2,1-3H3/b12-11+. The first-order chi connectivity index (χ1) is 13.7. The van der Waals surface area contributed by atoms with E-state index in [1.54, 1.807) is 0 Å². The summed E-state index contributed by atoms with van der Waals surface area (Å²) in [4.78, 5) is 0. The molecule has 0 saturated heterocycles. The predicted octanol–water partition coefficient (Wildman–Crippen LogP) is 7.16. The van der Waals surface area contributed by atoms with Crippen LogP contribution in [0.5, 0.6) is 0 Å². The summed E-state index contributed by atoms with van der Waals surface area (Å²) in [5.74, 6) is 0. The summed E-state index contributed by atoms with van der Waals surface area (Å²) in [5, 5.41) is 6.84. The zero-order valence-electron chi connectivity index (χ0n) is 17.9. The van der Waals surface area contributed by atoms with Gasteiger partial charge in [-0.15, -0.1) is 0 Å². The highest BCUT2D eigenvalue weighted by Gasteiger charge is 2.33. The van der Waals surface area contributed by atoms with E-state index in [-0.39, 0.29) is 5.41 Å². The van der Waals surface area contributed by atoms with Gasteiger partial charge in [0.2, 0.25) is 0 Å². The molecule has 0 amide bonds. The third-order valence-electron chi connectivity index (χ3n) is 6.29. The fourth-order valence-corrected chi connectivity index (χ4v) is 4.74. The second-order valence-corrected chi connectivity index (χ2v) is 8.20. The van der Waals surface area contributed by atoms with E-state index in [1.165, 1.54) is 66.6 Å². The van der Waals surface area contributed by atoms with Crippen LogP contribution in [0.15, 0.2) is 48.5 Å². The molecule has 2 N–H and O–H groups in total. The van der Waals surface area contributed by atoms with Crippen molar-refractivity contribution in [1.82, 2.24) is 0 Å². The van der Waals surface area contributed by atoms with Crippen LogP contribution in [0.1, 0.15) is 68.6 Å². The number of hydrogen-bond donors (Lipinski definition) is 2. The SMILES string of the molecule is CCNc1ccc(/C=C/CC2(c3ccccc3NC)CCCCCC2)c(C)c1. The van der Waals surface area contributed by atoms with Crippen molar-refractivity contribution in [1.29, 1.82) is 0 Å². The van der Waals surface area contributed by atoms with Gasteiger partial charge in [-0.05, 0) is 68.0 Å². The lowest BCUT2D eigenvalue weighted by Crippen LogP contribution is -2.26. The number of rotatable bonds is 7. The molecule has 28 heavy (non-hydrogen) atoms. The van der Waals surface area contributed by atoms with Crippen LogP contribution >= 0.6 is 0 Å². The summed E-state index contributed by atoms with van der Waals surface area (Å²) >= 11 is 0. The fraction of sp³-hybridized carbons (Fsp3) is 0.462. The Hall–Kier alpha value is -2.22. The maximum Gasteiger partial charge on any atom is 0.0375 e. The van der Waals surface area contributed by atoms with E-state index in [2.05, 4.69) is 79.1 Å². The lowest BCUT2D eigenvalue weighted by Gasteiger charge is -2.34. The molecule has 0 aromatic heterocycles. The van der Waals surface area contributed by atoms with Gasteiger partial charge in [0.15, 0.2) is 0 Å². The molecule has 1 saturated carbocycles. The summed E-state index contributed by atoms with van der Waals surface area (Å²) in [6.07, 6.45) is 13.9. The molecule has 150 valence electrons. The molecule has 0 bridgehead atoms. The van der Waals surface area contributed by atoms with Gasteiger partial charge in [-0.2, -0.15) is 0 Å². The van der Waals surface area contributed by atoms with Crippen molar-refractivity contribution in [3.63, 3.8) is 0 Å². The summed E-state index contributed by atoms with van der Waals surface area (Å²) in [6, 6.07) is 15.6. The summed E-state index contributed by atoms with van der Waals surface area (Å²) < 4.78 is 0. The molecule has 2 aromatic carbocycles. The van der Waals surface area contributed by atoms with Crippen LogP contribution in [0, 0.1) is 6.92 Å². The quantitative estimate of drug-likeness (QED) is 0.501. The molecule has 1 aliphatic carbocycles. The van der Waals surface area contributed by atoms with Crippen molar-refractivity contribution in [3.8, 4) is 0 Å². The van der Waals surface area contributed by atoms with Crippen molar-refractivity contribution in [2.45, 2.75) is 64.2 Å². The molecule has 2 nitrogen and oxygen atoms in total. The average molecular weight is 377 g/mol. The first-order valence-electron chi connectivity index (χ1n) is 11.0. The van der Waals surface area contributed by atoms with Gasteiger partial charge in [0.1, 0.15) is 0 Å². The van der Waals surface area contributed by atoms with E-state index in [0.29, 0.717) is 0 Å². The number of aryl methyl sites for hydroxylation is 1. The minimum absolute atomic E-state index is 0.254. The number of anilines is 2. The maximum absolute atomic E-state index is 3.44. The largest absolute Gasteiger partial charge is 0.388 e. The normalized spacial score (nSPS) is 16.7. The van der Waals surface area contributed by atoms with E-state index in [1.807, 2.05) is 7.05 Å². The van der Waals surface area contributed by atoms with Crippen LogP contribution in [0.25, 0.3) is 6.08 Å². The van der Waals surface area contributed by atoms with E-state index in [9.17, 15) is 0 Å². The number of benzene rings is 2. The Morgan fingerprint density at radius 1 is 1.00 bits per heavy atom. The van der Waals surface area contributed by atoms with Gasteiger partial charge < -0.3 is 10.6 Å². The summed E-state index contributed by atoms with van der Waals surface area (Å²) in [5.41, 5.74) is 6.92. The Morgan fingerprint density at radius 2 is 1.75 bits per heavy atom. The molecule has 0 atom stereocenters. The molecule has 2 aromatic rings. The first-order valence-corrected chi connectivity index (χ1v) is 11.0. The highest BCUT2D eigenvalue weighted by molar-refractivity contribution is 5.60. The Morgan fingerprint density at radius 3 is 2.43 bits per heavy atom. The molecular weight excluding hydrogens is 340 g/mol. The maximum atomic E-state index is 3.44. The fourth-order valence-electron chi connectivity index (χ4n) is 4.74. The monoisotopic (exact) mass is 376 g/mol. The smallest absolute Gasteiger partial charge is 0.0375 e. The molecule has 0 heterocycles. The Bertz CT molecular complexity index is 783. The van der Waals surface area contributed by atoms with Crippen LogP contribution in [-0.4, -0.2) is 13.6 Å². The molecule has 3 rings (SSSR count). The summed E-state index contributed by atoms with van der Waals surface area (Å²) in [6.45, 7) is 5.30. The first kappa shape index (κ1) is 20.5. The Kier molecular flexibility index (Phi) is 7.19. The molecule has 0 spiro atoms. The van der Waals surface area contributed by atoms with Gasteiger partial charge in [-0.3, -0.25) is 0 Å². The predicted molar refractivity (Wildman–Crippen MR) is 124 cm³/mol. The van der Waals surface area contributed by atoms with Gasteiger partial charge in [-0.25, -0.2) is 0 Å². The van der Waals surface area contributed by atoms with Crippen molar-refractivity contribution >= 4 is 17.5 Å². The molecule has 1 fully saturated rings. The highest BCUT2D eigenvalue weighted by Crippen LogP contribution is 2.44. The van der Waals surface area contributed by atoms with Gasteiger partial charge in [0.25, 0.3) is 0 Å². The number of nitrogens with one attached hydrogen (secondary N) is 2. The van der Waals surface area contributed by atoms with E-state index >= 15 is 0 Å². The lowest BCUT2D eigenvalue weighted by atomic mass is 9.71. The zero-order valence-corrected chi connectivity index (χ0v) is 17.9. The van der Waals surface area contributed by atoms with Crippen molar-refractivity contribution in [3.05, 3.63) is 65.2 Å². The highest BCUT2D eigenvalue weighted by atomic mass is 14.8. The Balaban J connectivity index is 1.85. The van der Waals surface area contributed by atoms with E-state index in [4.69, 9.17) is 0 Å². The average Bonchev–Trinajstić information content (AvgIpc) is 2.96. The second kappa shape index (κ2) is 9.82.